The molecule has 1 aromatic carbocycles. The van der Waals surface area contributed by atoms with Crippen LogP contribution in [0.5, 0.6) is 0 Å². The monoisotopic (exact) mass is 301 g/mol. The molecule has 0 radical (unpaired) electrons. The average molecular weight is 301 g/mol. The van der Waals surface area contributed by atoms with E-state index in [1.54, 1.807) is 12.4 Å². The highest BCUT2D eigenvalue weighted by molar-refractivity contribution is 5.81. The van der Waals surface area contributed by atoms with E-state index >= 15 is 0 Å². The molecule has 0 saturated carbocycles. The van der Waals surface area contributed by atoms with Crippen LogP contribution >= 0.6 is 0 Å². The molecule has 2 aromatic rings. The van der Waals surface area contributed by atoms with Crippen LogP contribution in [0.3, 0.4) is 0 Å². The molecule has 0 bridgehead atoms. The second kappa shape index (κ2) is 6.89. The molecule has 22 heavy (non-hydrogen) atoms. The molecule has 0 spiro atoms. The second-order valence-corrected chi connectivity index (χ2v) is 5.20. The molecule has 2 rings (SSSR count). The number of carbonyl (C=O) groups is 2. The van der Waals surface area contributed by atoms with Crippen molar-refractivity contribution in [2.24, 2.45) is 7.05 Å². The number of hydrogen-bond donors (Lipinski definition) is 2. The highest BCUT2D eigenvalue weighted by Crippen LogP contribution is 2.21. The summed E-state index contributed by atoms with van der Waals surface area (Å²) in [6.45, 7) is 1.99. The van der Waals surface area contributed by atoms with Gasteiger partial charge in [-0.05, 0) is 12.5 Å². The third kappa shape index (κ3) is 3.94. The van der Waals surface area contributed by atoms with E-state index in [2.05, 4.69) is 10.3 Å². The standard InChI is InChI=1S/C16H19N3O3/c1-11-3-5-12(6-4-11)15(16-17-9-10-19(16)2)18-13(20)7-8-14(21)22/h3-6,9-10,15H,7-8H2,1-2H3,(H,18,20)(H,21,22). The average Bonchev–Trinajstić information content (AvgIpc) is 2.90. The summed E-state index contributed by atoms with van der Waals surface area (Å²) < 4.78 is 1.84. The van der Waals surface area contributed by atoms with Crippen molar-refractivity contribution in [1.82, 2.24) is 14.9 Å². The molecule has 1 atom stereocenters. The largest absolute Gasteiger partial charge is 0.481 e. The maximum atomic E-state index is 12.0. The van der Waals surface area contributed by atoms with Gasteiger partial charge in [-0.2, -0.15) is 0 Å². The lowest BCUT2D eigenvalue weighted by atomic mass is 10.0. The first kappa shape index (κ1) is 15.8. The first-order chi connectivity index (χ1) is 10.5. The van der Waals surface area contributed by atoms with Gasteiger partial charge < -0.3 is 15.0 Å². The Morgan fingerprint density at radius 1 is 1.27 bits per heavy atom. The molecule has 0 aliphatic rings. The number of aliphatic carboxylic acids is 1. The van der Waals surface area contributed by atoms with Crippen molar-refractivity contribution in [3.63, 3.8) is 0 Å². The van der Waals surface area contributed by atoms with Gasteiger partial charge in [0.25, 0.3) is 0 Å². The number of imidazole rings is 1. The van der Waals surface area contributed by atoms with E-state index in [1.807, 2.05) is 42.8 Å². The van der Waals surface area contributed by atoms with Gasteiger partial charge in [-0.3, -0.25) is 9.59 Å². The van der Waals surface area contributed by atoms with Crippen LogP contribution in [-0.2, 0) is 16.6 Å². The van der Waals surface area contributed by atoms with Crippen molar-refractivity contribution in [3.8, 4) is 0 Å². The zero-order valence-corrected chi connectivity index (χ0v) is 12.6. The second-order valence-electron chi connectivity index (χ2n) is 5.20. The Labute approximate surface area is 128 Å². The molecule has 1 unspecified atom stereocenters. The molecular weight excluding hydrogens is 282 g/mol. The lowest BCUT2D eigenvalue weighted by Gasteiger charge is -2.19. The van der Waals surface area contributed by atoms with Gasteiger partial charge in [0.15, 0.2) is 0 Å². The van der Waals surface area contributed by atoms with Crippen molar-refractivity contribution in [2.75, 3.05) is 0 Å². The Morgan fingerprint density at radius 3 is 2.50 bits per heavy atom. The number of carbonyl (C=O) groups excluding carboxylic acids is 1. The third-order valence-electron chi connectivity index (χ3n) is 3.40. The molecule has 6 heteroatoms. The van der Waals surface area contributed by atoms with E-state index in [0.717, 1.165) is 11.1 Å². The summed E-state index contributed by atoms with van der Waals surface area (Å²) in [5, 5.41) is 11.5. The van der Waals surface area contributed by atoms with Gasteiger partial charge in [0.1, 0.15) is 11.9 Å². The van der Waals surface area contributed by atoms with E-state index in [1.165, 1.54) is 0 Å². The molecule has 1 aromatic heterocycles. The van der Waals surface area contributed by atoms with Crippen LogP contribution in [-0.4, -0.2) is 26.5 Å². The van der Waals surface area contributed by atoms with Gasteiger partial charge in [-0.15, -0.1) is 0 Å². The van der Waals surface area contributed by atoms with Crippen LogP contribution in [0.15, 0.2) is 36.7 Å². The Balaban J connectivity index is 2.23. The maximum absolute atomic E-state index is 12.0. The lowest BCUT2D eigenvalue weighted by Crippen LogP contribution is -2.31. The van der Waals surface area contributed by atoms with Gasteiger partial charge in [0, 0.05) is 25.9 Å². The van der Waals surface area contributed by atoms with Crippen LogP contribution in [0.4, 0.5) is 0 Å². The van der Waals surface area contributed by atoms with E-state index < -0.39 is 12.0 Å². The minimum atomic E-state index is -0.987. The van der Waals surface area contributed by atoms with Crippen LogP contribution in [0.2, 0.25) is 0 Å². The Kier molecular flexibility index (Phi) is 4.93. The third-order valence-corrected chi connectivity index (χ3v) is 3.40. The van der Waals surface area contributed by atoms with E-state index in [0.29, 0.717) is 5.82 Å². The molecule has 2 N–H and O–H groups in total. The highest BCUT2D eigenvalue weighted by atomic mass is 16.4. The summed E-state index contributed by atoms with van der Waals surface area (Å²) in [7, 11) is 1.85. The normalized spacial score (nSPS) is 11.9. The minimum absolute atomic E-state index is 0.0535. The molecule has 0 aliphatic carbocycles. The first-order valence-electron chi connectivity index (χ1n) is 7.02. The van der Waals surface area contributed by atoms with E-state index in [-0.39, 0.29) is 18.7 Å². The minimum Gasteiger partial charge on any atom is -0.481 e. The molecule has 116 valence electrons. The van der Waals surface area contributed by atoms with Gasteiger partial charge in [0.2, 0.25) is 5.91 Å². The molecule has 0 fully saturated rings. The molecule has 1 heterocycles. The lowest BCUT2D eigenvalue weighted by molar-refractivity contribution is -0.138. The highest BCUT2D eigenvalue weighted by Gasteiger charge is 2.20. The summed E-state index contributed by atoms with van der Waals surface area (Å²) >= 11 is 0. The molecule has 0 aliphatic heterocycles. The zero-order valence-electron chi connectivity index (χ0n) is 12.6. The number of aromatic nitrogens is 2. The van der Waals surface area contributed by atoms with Crippen molar-refractivity contribution >= 4 is 11.9 Å². The number of nitrogens with zero attached hydrogens (tertiary/aromatic N) is 2. The zero-order chi connectivity index (χ0) is 16.1. The first-order valence-corrected chi connectivity index (χ1v) is 7.02. The van der Waals surface area contributed by atoms with Crippen molar-refractivity contribution < 1.29 is 14.7 Å². The number of carboxylic acid groups (broad SMARTS) is 1. The fourth-order valence-corrected chi connectivity index (χ4v) is 2.16. The summed E-state index contributed by atoms with van der Waals surface area (Å²) in [4.78, 5) is 26.9. The quantitative estimate of drug-likeness (QED) is 0.852. The Bertz CT molecular complexity index is 662. The van der Waals surface area contributed by atoms with Crippen molar-refractivity contribution in [3.05, 3.63) is 53.6 Å². The fourth-order valence-electron chi connectivity index (χ4n) is 2.16. The van der Waals surface area contributed by atoms with Crippen LogP contribution in [0.1, 0.15) is 35.8 Å². The van der Waals surface area contributed by atoms with Crippen LogP contribution in [0.25, 0.3) is 0 Å². The topological polar surface area (TPSA) is 84.2 Å². The van der Waals surface area contributed by atoms with Gasteiger partial charge >= 0.3 is 5.97 Å². The molecule has 0 saturated heterocycles. The number of rotatable bonds is 6. The van der Waals surface area contributed by atoms with E-state index in [9.17, 15) is 9.59 Å². The smallest absolute Gasteiger partial charge is 0.303 e. The predicted molar refractivity (Wildman–Crippen MR) is 81.2 cm³/mol. The SMILES string of the molecule is Cc1ccc(C(NC(=O)CCC(=O)O)c2nccn2C)cc1. The van der Waals surface area contributed by atoms with Crippen molar-refractivity contribution in [1.29, 1.82) is 0 Å². The van der Waals surface area contributed by atoms with Crippen molar-refractivity contribution in [2.45, 2.75) is 25.8 Å². The summed E-state index contributed by atoms with van der Waals surface area (Å²) in [5.41, 5.74) is 2.03. The van der Waals surface area contributed by atoms with Gasteiger partial charge in [-0.25, -0.2) is 4.98 Å². The Morgan fingerprint density at radius 2 is 1.95 bits per heavy atom. The predicted octanol–water partition coefficient (Wildman–Crippen LogP) is 1.80. The number of benzene rings is 1. The van der Waals surface area contributed by atoms with Gasteiger partial charge in [-0.1, -0.05) is 29.8 Å². The number of nitrogens with one attached hydrogen (secondary N) is 1. The summed E-state index contributed by atoms with van der Waals surface area (Å²) in [5.74, 6) is -0.595. The van der Waals surface area contributed by atoms with E-state index in [4.69, 9.17) is 5.11 Å². The number of hydrogen-bond acceptors (Lipinski definition) is 3. The number of amides is 1. The summed E-state index contributed by atoms with van der Waals surface area (Å²) in [6.07, 6.45) is 3.23. The molecule has 1 amide bonds. The maximum Gasteiger partial charge on any atom is 0.303 e. The molecule has 6 nitrogen and oxygen atoms in total. The number of aryl methyl sites for hydroxylation is 2. The van der Waals surface area contributed by atoms with Crippen LogP contribution in [0, 0.1) is 6.92 Å². The Hall–Kier alpha value is -2.63. The molecular formula is C16H19N3O3. The van der Waals surface area contributed by atoms with Crippen LogP contribution < -0.4 is 5.32 Å². The van der Waals surface area contributed by atoms with Gasteiger partial charge in [0.05, 0.1) is 6.42 Å². The summed E-state index contributed by atoms with van der Waals surface area (Å²) in [6, 6.07) is 7.41. The fraction of sp³-hybridized carbons (Fsp3) is 0.312. The number of carboxylic acids is 1.